The number of urea groups is 1. The molecule has 0 saturated heterocycles. The predicted molar refractivity (Wildman–Crippen MR) is 73.7 cm³/mol. The van der Waals surface area contributed by atoms with Gasteiger partial charge in [-0.2, -0.15) is 0 Å². The number of fused-ring (bicyclic) bond motifs is 1. The van der Waals surface area contributed by atoms with Crippen LogP contribution in [0.15, 0.2) is 42.6 Å². The van der Waals surface area contributed by atoms with Crippen LogP contribution in [-0.2, 0) is 13.1 Å². The second-order valence-electron chi connectivity index (χ2n) is 4.76. The van der Waals surface area contributed by atoms with Crippen LogP contribution in [0.1, 0.15) is 16.8 Å². The maximum Gasteiger partial charge on any atom is 0.322 e. The smallest absolute Gasteiger partial charge is 0.314 e. The molecule has 0 saturated carbocycles. The third-order valence-electron chi connectivity index (χ3n) is 3.28. The van der Waals surface area contributed by atoms with Crippen LogP contribution in [-0.4, -0.2) is 15.9 Å². The number of nitrogens with zero attached hydrogens (tertiary/aromatic N) is 2. The van der Waals surface area contributed by atoms with Gasteiger partial charge in [0.05, 0.1) is 12.2 Å². The molecule has 3 rings (SSSR count). The fourth-order valence-corrected chi connectivity index (χ4v) is 2.18. The van der Waals surface area contributed by atoms with E-state index in [1.807, 2.05) is 43.3 Å². The van der Waals surface area contributed by atoms with Crippen molar-refractivity contribution >= 4 is 11.7 Å². The summed E-state index contributed by atoms with van der Waals surface area (Å²) >= 11 is 0. The maximum atomic E-state index is 12.2. The van der Waals surface area contributed by atoms with Gasteiger partial charge in [0.25, 0.3) is 0 Å². The van der Waals surface area contributed by atoms with Gasteiger partial charge in [0.2, 0.25) is 0 Å². The summed E-state index contributed by atoms with van der Waals surface area (Å²) in [7, 11) is 0. The van der Waals surface area contributed by atoms with Crippen LogP contribution >= 0.6 is 0 Å². The largest absolute Gasteiger partial charge is 0.322 e. The molecule has 2 amide bonds. The van der Waals surface area contributed by atoms with Gasteiger partial charge < -0.3 is 10.2 Å². The van der Waals surface area contributed by atoms with Crippen LogP contribution in [0, 0.1) is 6.92 Å². The highest BCUT2D eigenvalue weighted by molar-refractivity contribution is 5.89. The van der Waals surface area contributed by atoms with Gasteiger partial charge in [-0.3, -0.25) is 4.98 Å². The average Bonchev–Trinajstić information content (AvgIpc) is 2.85. The minimum Gasteiger partial charge on any atom is -0.314 e. The van der Waals surface area contributed by atoms with E-state index in [4.69, 9.17) is 0 Å². The molecule has 0 atom stereocenters. The number of amides is 2. The normalized spacial score (nSPS) is 13.2. The number of aromatic nitrogens is 1. The number of carbonyl (C=O) groups is 1. The highest BCUT2D eigenvalue weighted by atomic mass is 16.2. The van der Waals surface area contributed by atoms with Crippen molar-refractivity contribution in [2.75, 3.05) is 5.32 Å². The van der Waals surface area contributed by atoms with Crippen molar-refractivity contribution in [1.29, 1.82) is 0 Å². The van der Waals surface area contributed by atoms with Gasteiger partial charge in [-0.1, -0.05) is 23.8 Å². The number of hydrogen-bond donors (Lipinski definition) is 1. The Bertz CT molecular complexity index is 582. The second kappa shape index (κ2) is 4.72. The molecule has 96 valence electrons. The van der Waals surface area contributed by atoms with E-state index in [0.717, 1.165) is 16.9 Å². The lowest BCUT2D eigenvalue weighted by Crippen LogP contribution is -2.30. The Labute approximate surface area is 112 Å². The van der Waals surface area contributed by atoms with E-state index in [0.29, 0.717) is 13.1 Å². The third-order valence-corrected chi connectivity index (χ3v) is 3.28. The van der Waals surface area contributed by atoms with Crippen molar-refractivity contribution in [3.63, 3.8) is 0 Å². The van der Waals surface area contributed by atoms with Gasteiger partial charge in [0.15, 0.2) is 0 Å². The Morgan fingerprint density at radius 1 is 1.21 bits per heavy atom. The summed E-state index contributed by atoms with van der Waals surface area (Å²) in [5.74, 6) is 0. The molecule has 1 aromatic carbocycles. The lowest BCUT2D eigenvalue weighted by molar-refractivity contribution is 0.212. The number of pyridine rings is 1. The van der Waals surface area contributed by atoms with Gasteiger partial charge in [0, 0.05) is 18.4 Å². The van der Waals surface area contributed by atoms with E-state index in [2.05, 4.69) is 10.3 Å². The molecule has 4 heteroatoms. The minimum atomic E-state index is -0.0816. The number of rotatable bonds is 1. The molecular weight excluding hydrogens is 238 g/mol. The lowest BCUT2D eigenvalue weighted by Gasteiger charge is -2.16. The van der Waals surface area contributed by atoms with Gasteiger partial charge in [-0.25, -0.2) is 4.79 Å². The molecule has 19 heavy (non-hydrogen) atoms. The summed E-state index contributed by atoms with van der Waals surface area (Å²) in [6.07, 6.45) is 1.76. The zero-order chi connectivity index (χ0) is 13.2. The molecule has 2 heterocycles. The zero-order valence-corrected chi connectivity index (χ0v) is 10.8. The number of hydrogen-bond acceptors (Lipinski definition) is 2. The van der Waals surface area contributed by atoms with Crippen LogP contribution in [0.2, 0.25) is 0 Å². The van der Waals surface area contributed by atoms with Crippen molar-refractivity contribution in [3.8, 4) is 0 Å². The van der Waals surface area contributed by atoms with E-state index in [9.17, 15) is 4.79 Å². The number of carbonyl (C=O) groups excluding carboxylic acids is 1. The number of benzene rings is 1. The van der Waals surface area contributed by atoms with Crippen LogP contribution in [0.25, 0.3) is 0 Å². The SMILES string of the molecule is Cc1ccc(NC(=O)N2Cc3cccnc3C2)cc1. The third kappa shape index (κ3) is 2.42. The molecule has 0 fully saturated rings. The highest BCUT2D eigenvalue weighted by Crippen LogP contribution is 2.21. The van der Waals surface area contributed by atoms with Crippen molar-refractivity contribution in [2.45, 2.75) is 20.0 Å². The Morgan fingerprint density at radius 3 is 2.74 bits per heavy atom. The summed E-state index contributed by atoms with van der Waals surface area (Å²) in [6, 6.07) is 11.6. The summed E-state index contributed by atoms with van der Waals surface area (Å²) < 4.78 is 0. The maximum absolute atomic E-state index is 12.2. The van der Waals surface area contributed by atoms with Gasteiger partial charge in [-0.05, 0) is 30.7 Å². The van der Waals surface area contributed by atoms with Crippen molar-refractivity contribution in [2.24, 2.45) is 0 Å². The molecule has 4 nitrogen and oxygen atoms in total. The first-order valence-corrected chi connectivity index (χ1v) is 6.28. The average molecular weight is 253 g/mol. The first kappa shape index (κ1) is 11.7. The zero-order valence-electron chi connectivity index (χ0n) is 10.8. The number of aryl methyl sites for hydroxylation is 1. The highest BCUT2D eigenvalue weighted by Gasteiger charge is 2.23. The molecule has 2 aromatic rings. The topological polar surface area (TPSA) is 45.2 Å². The van der Waals surface area contributed by atoms with Gasteiger partial charge in [0.1, 0.15) is 0 Å². The van der Waals surface area contributed by atoms with Crippen LogP contribution < -0.4 is 5.32 Å². The molecule has 1 aliphatic heterocycles. The Balaban J connectivity index is 1.68. The fraction of sp³-hybridized carbons (Fsp3) is 0.200. The Morgan fingerprint density at radius 2 is 2.00 bits per heavy atom. The minimum absolute atomic E-state index is 0.0816. The molecule has 0 bridgehead atoms. The predicted octanol–water partition coefficient (Wildman–Crippen LogP) is 2.94. The quantitative estimate of drug-likeness (QED) is 0.849. The first-order valence-electron chi connectivity index (χ1n) is 6.28. The summed E-state index contributed by atoms with van der Waals surface area (Å²) in [5.41, 5.74) is 4.11. The molecule has 0 radical (unpaired) electrons. The van der Waals surface area contributed by atoms with E-state index in [1.165, 1.54) is 5.56 Å². The monoisotopic (exact) mass is 253 g/mol. The summed E-state index contributed by atoms with van der Waals surface area (Å²) in [6.45, 7) is 3.23. The van der Waals surface area contributed by atoms with Crippen LogP contribution in [0.4, 0.5) is 10.5 Å². The number of anilines is 1. The lowest BCUT2D eigenvalue weighted by atomic mass is 10.2. The molecule has 1 aromatic heterocycles. The van der Waals surface area contributed by atoms with Crippen molar-refractivity contribution < 1.29 is 4.79 Å². The van der Waals surface area contributed by atoms with Crippen LogP contribution in [0.5, 0.6) is 0 Å². The second-order valence-corrected chi connectivity index (χ2v) is 4.76. The van der Waals surface area contributed by atoms with E-state index in [-0.39, 0.29) is 6.03 Å². The van der Waals surface area contributed by atoms with E-state index in [1.54, 1.807) is 11.1 Å². The standard InChI is InChI=1S/C15H15N3O/c1-11-4-6-13(7-5-11)17-15(19)18-9-12-3-2-8-16-14(12)10-18/h2-8H,9-10H2,1H3,(H,17,19). The first-order chi connectivity index (χ1) is 9.22. The Hall–Kier alpha value is -2.36. The molecule has 1 aliphatic rings. The van der Waals surface area contributed by atoms with E-state index < -0.39 is 0 Å². The molecular formula is C15H15N3O. The van der Waals surface area contributed by atoms with E-state index >= 15 is 0 Å². The Kier molecular flexibility index (Phi) is 2.91. The van der Waals surface area contributed by atoms with Crippen molar-refractivity contribution in [1.82, 2.24) is 9.88 Å². The summed E-state index contributed by atoms with van der Waals surface area (Å²) in [5, 5.41) is 2.91. The molecule has 0 unspecified atom stereocenters. The molecule has 0 aliphatic carbocycles. The van der Waals surface area contributed by atoms with Gasteiger partial charge >= 0.3 is 6.03 Å². The molecule has 0 spiro atoms. The fourth-order valence-electron chi connectivity index (χ4n) is 2.18. The van der Waals surface area contributed by atoms with Gasteiger partial charge in [-0.15, -0.1) is 0 Å². The van der Waals surface area contributed by atoms with Crippen molar-refractivity contribution in [3.05, 3.63) is 59.4 Å². The number of nitrogens with one attached hydrogen (secondary N) is 1. The van der Waals surface area contributed by atoms with Crippen LogP contribution in [0.3, 0.4) is 0 Å². The molecule has 1 N–H and O–H groups in total. The summed E-state index contributed by atoms with van der Waals surface area (Å²) in [4.78, 5) is 18.2.